The van der Waals surface area contributed by atoms with E-state index in [1.807, 2.05) is 66.7 Å². The van der Waals surface area contributed by atoms with E-state index >= 15 is 0 Å². The molecule has 3 aromatic carbocycles. The average Bonchev–Trinajstić information content (AvgIpc) is 2.77. The average molecular weight is 382 g/mol. The maximum absolute atomic E-state index is 13.3. The Bertz CT molecular complexity index is 1350. The predicted molar refractivity (Wildman–Crippen MR) is 114 cm³/mol. The van der Waals surface area contributed by atoms with Crippen LogP contribution in [0, 0.1) is 0 Å². The molecule has 142 valence electrons. The number of ketones is 1. The highest BCUT2D eigenvalue weighted by molar-refractivity contribution is 6.27. The number of nitrogens with zero attached hydrogens (tertiary/aromatic N) is 1. The van der Waals surface area contributed by atoms with Gasteiger partial charge in [-0.2, -0.15) is 0 Å². The summed E-state index contributed by atoms with van der Waals surface area (Å²) in [6.45, 7) is 0. The fourth-order valence-electron chi connectivity index (χ4n) is 4.03. The van der Waals surface area contributed by atoms with Gasteiger partial charge < -0.3 is 14.6 Å². The van der Waals surface area contributed by atoms with Gasteiger partial charge in [-0.05, 0) is 35.9 Å². The Kier molecular flexibility index (Phi) is 3.77. The number of hydrogen-bond acceptors (Lipinski definition) is 4. The molecule has 5 rings (SSSR count). The fraction of sp³-hybridized carbons (Fsp3) is 0.0833. The molecule has 1 aliphatic rings. The monoisotopic (exact) mass is 382 g/mol. The van der Waals surface area contributed by atoms with Gasteiger partial charge in [0.2, 0.25) is 0 Å². The van der Waals surface area contributed by atoms with Crippen LogP contribution in [0.15, 0.2) is 71.5 Å². The standard InChI is InChI=1S/C24H18N2O3/c1-26-19-9-5-8-18-20(19)21(16-6-3-4-7-17(16)23(18)27)22(24(26)28)25-14-10-12-15(29-2)13-11-14/h3-13,25H,1-2H3. The van der Waals surface area contributed by atoms with Crippen LogP contribution in [0.3, 0.4) is 0 Å². The van der Waals surface area contributed by atoms with E-state index in [4.69, 9.17) is 4.74 Å². The van der Waals surface area contributed by atoms with E-state index in [9.17, 15) is 9.59 Å². The van der Waals surface area contributed by atoms with Crippen LogP contribution in [0.4, 0.5) is 11.4 Å². The van der Waals surface area contributed by atoms with Gasteiger partial charge in [-0.15, -0.1) is 0 Å². The molecule has 1 aromatic heterocycles. The van der Waals surface area contributed by atoms with E-state index < -0.39 is 0 Å². The number of aryl methyl sites for hydroxylation is 1. The molecule has 1 aliphatic carbocycles. The maximum Gasteiger partial charge on any atom is 0.275 e. The van der Waals surface area contributed by atoms with Crippen LogP contribution in [0.1, 0.15) is 15.9 Å². The van der Waals surface area contributed by atoms with Crippen molar-refractivity contribution in [2.45, 2.75) is 0 Å². The molecule has 0 saturated heterocycles. The molecule has 5 heteroatoms. The number of carbonyl (C=O) groups excluding carboxylic acids is 1. The lowest BCUT2D eigenvalue weighted by Gasteiger charge is -2.24. The summed E-state index contributed by atoms with van der Waals surface area (Å²) in [6, 6.07) is 20.4. The number of fused-ring (bicyclic) bond motifs is 2. The van der Waals surface area contributed by atoms with E-state index in [1.165, 1.54) is 0 Å². The molecule has 5 nitrogen and oxygen atoms in total. The maximum atomic E-state index is 13.3. The molecule has 0 spiro atoms. The Hall–Kier alpha value is -3.86. The minimum absolute atomic E-state index is 0.0206. The van der Waals surface area contributed by atoms with E-state index in [2.05, 4.69) is 5.32 Å². The lowest BCUT2D eigenvalue weighted by molar-refractivity contribution is 0.104. The SMILES string of the molecule is COc1ccc(Nc2c3c4c(cccc4n(C)c2=O)C(=O)c2ccccc2-3)cc1. The zero-order valence-corrected chi connectivity index (χ0v) is 16.0. The molecule has 0 bridgehead atoms. The summed E-state index contributed by atoms with van der Waals surface area (Å²) in [4.78, 5) is 26.4. The van der Waals surface area contributed by atoms with Gasteiger partial charge in [0.15, 0.2) is 5.78 Å². The van der Waals surface area contributed by atoms with Crippen molar-refractivity contribution in [2.75, 3.05) is 12.4 Å². The first-order valence-corrected chi connectivity index (χ1v) is 9.31. The molecule has 0 radical (unpaired) electrons. The lowest BCUT2D eigenvalue weighted by atomic mass is 9.83. The van der Waals surface area contributed by atoms with Crippen LogP contribution in [-0.2, 0) is 7.05 Å². The number of ether oxygens (including phenoxy) is 1. The summed E-state index contributed by atoms with van der Waals surface area (Å²) in [5.41, 5.74) is 4.58. The van der Waals surface area contributed by atoms with Crippen molar-refractivity contribution in [3.05, 3.63) is 88.2 Å². The third kappa shape index (κ3) is 2.48. The molecule has 0 aliphatic heterocycles. The van der Waals surface area contributed by atoms with Gasteiger partial charge in [0.25, 0.3) is 5.56 Å². The van der Waals surface area contributed by atoms with Crippen LogP contribution in [0.25, 0.3) is 22.0 Å². The van der Waals surface area contributed by atoms with Gasteiger partial charge in [0, 0.05) is 34.8 Å². The fourth-order valence-corrected chi connectivity index (χ4v) is 4.03. The van der Waals surface area contributed by atoms with Crippen molar-refractivity contribution >= 4 is 28.1 Å². The smallest absolute Gasteiger partial charge is 0.275 e. The van der Waals surface area contributed by atoms with Crippen molar-refractivity contribution in [1.82, 2.24) is 4.57 Å². The third-order valence-electron chi connectivity index (χ3n) is 5.47. The molecule has 1 heterocycles. The number of hydrogen-bond donors (Lipinski definition) is 1. The topological polar surface area (TPSA) is 60.3 Å². The highest BCUT2D eigenvalue weighted by Gasteiger charge is 2.29. The van der Waals surface area contributed by atoms with Gasteiger partial charge in [0.05, 0.1) is 12.6 Å². The normalized spacial score (nSPS) is 12.0. The number of methoxy groups -OCH3 is 1. The molecule has 1 N–H and O–H groups in total. The number of pyridine rings is 1. The van der Waals surface area contributed by atoms with Gasteiger partial charge in [0.1, 0.15) is 11.4 Å². The van der Waals surface area contributed by atoms with E-state index in [-0.39, 0.29) is 11.3 Å². The molecule has 0 fully saturated rings. The first kappa shape index (κ1) is 17.3. The second kappa shape index (κ2) is 6.34. The number of carbonyl (C=O) groups is 1. The van der Waals surface area contributed by atoms with E-state index in [0.29, 0.717) is 16.8 Å². The van der Waals surface area contributed by atoms with Crippen LogP contribution >= 0.6 is 0 Å². The van der Waals surface area contributed by atoms with Crippen molar-refractivity contribution in [3.8, 4) is 16.9 Å². The van der Waals surface area contributed by atoms with Crippen molar-refractivity contribution in [2.24, 2.45) is 7.05 Å². The van der Waals surface area contributed by atoms with Crippen molar-refractivity contribution < 1.29 is 9.53 Å². The number of benzene rings is 3. The Labute approximate surface area is 167 Å². The molecular weight excluding hydrogens is 364 g/mol. The second-order valence-corrected chi connectivity index (χ2v) is 7.04. The Morgan fingerprint density at radius 3 is 2.24 bits per heavy atom. The van der Waals surface area contributed by atoms with E-state index in [1.54, 1.807) is 18.7 Å². The molecular formula is C24H18N2O3. The lowest BCUT2D eigenvalue weighted by Crippen LogP contribution is -2.24. The highest BCUT2D eigenvalue weighted by Crippen LogP contribution is 2.42. The third-order valence-corrected chi connectivity index (χ3v) is 5.47. The summed E-state index contributed by atoms with van der Waals surface area (Å²) in [5, 5.41) is 4.09. The Morgan fingerprint density at radius 1 is 0.828 bits per heavy atom. The van der Waals surface area contributed by atoms with Crippen molar-refractivity contribution in [1.29, 1.82) is 0 Å². The van der Waals surface area contributed by atoms with Crippen LogP contribution < -0.4 is 15.6 Å². The molecule has 0 unspecified atom stereocenters. The number of rotatable bonds is 3. The summed E-state index contributed by atoms with van der Waals surface area (Å²) in [6.07, 6.45) is 0. The van der Waals surface area contributed by atoms with Crippen LogP contribution in [0.2, 0.25) is 0 Å². The molecule has 0 atom stereocenters. The first-order valence-electron chi connectivity index (χ1n) is 9.31. The molecule has 4 aromatic rings. The zero-order chi connectivity index (χ0) is 20.1. The number of anilines is 2. The Balaban J connectivity index is 1.85. The van der Waals surface area contributed by atoms with Crippen LogP contribution in [0.5, 0.6) is 5.75 Å². The molecule has 0 saturated carbocycles. The van der Waals surface area contributed by atoms with Crippen LogP contribution in [-0.4, -0.2) is 17.5 Å². The molecule has 0 amide bonds. The first-order chi connectivity index (χ1) is 14.1. The van der Waals surface area contributed by atoms with Gasteiger partial charge in [-0.3, -0.25) is 9.59 Å². The quantitative estimate of drug-likeness (QED) is 0.499. The van der Waals surface area contributed by atoms with Crippen molar-refractivity contribution in [3.63, 3.8) is 0 Å². The number of nitrogens with one attached hydrogen (secondary N) is 1. The summed E-state index contributed by atoms with van der Waals surface area (Å²) in [5.74, 6) is 0.717. The Morgan fingerprint density at radius 2 is 1.52 bits per heavy atom. The second-order valence-electron chi connectivity index (χ2n) is 7.04. The predicted octanol–water partition coefficient (Wildman–Crippen LogP) is 4.50. The minimum Gasteiger partial charge on any atom is -0.497 e. The minimum atomic E-state index is -0.148. The number of aromatic nitrogens is 1. The largest absolute Gasteiger partial charge is 0.497 e. The van der Waals surface area contributed by atoms with Gasteiger partial charge >= 0.3 is 0 Å². The van der Waals surface area contributed by atoms with E-state index in [0.717, 1.165) is 33.5 Å². The van der Waals surface area contributed by atoms with Gasteiger partial charge in [-0.25, -0.2) is 0 Å². The summed E-state index contributed by atoms with van der Waals surface area (Å²) in [7, 11) is 3.34. The molecule has 29 heavy (non-hydrogen) atoms. The van der Waals surface area contributed by atoms with Gasteiger partial charge in [-0.1, -0.05) is 36.4 Å². The summed E-state index contributed by atoms with van der Waals surface area (Å²) >= 11 is 0. The zero-order valence-electron chi connectivity index (χ0n) is 16.0. The highest BCUT2D eigenvalue weighted by atomic mass is 16.5. The summed E-state index contributed by atoms with van der Waals surface area (Å²) < 4.78 is 6.81.